The van der Waals surface area contributed by atoms with E-state index in [-0.39, 0.29) is 28.4 Å². The number of hydrogen-bond donors (Lipinski definition) is 1. The van der Waals surface area contributed by atoms with Crippen LogP contribution in [0.25, 0.3) is 22.2 Å². The van der Waals surface area contributed by atoms with Crippen LogP contribution in [0.1, 0.15) is 43.6 Å². The minimum atomic E-state index is -4.57. The van der Waals surface area contributed by atoms with Crippen LogP contribution in [0, 0.1) is 5.82 Å². The second kappa shape index (κ2) is 10.5. The Morgan fingerprint density at radius 1 is 1.08 bits per heavy atom. The molecule has 1 N–H and O–H groups in total. The Morgan fingerprint density at radius 2 is 1.77 bits per heavy atom. The number of nitrogens with one attached hydrogen (secondary N) is 1. The van der Waals surface area contributed by atoms with Crippen LogP contribution in [-0.2, 0) is 33.8 Å². The largest absolute Gasteiger partial charge is 0.598 e. The Morgan fingerprint density at radius 3 is 2.41 bits per heavy atom. The van der Waals surface area contributed by atoms with Gasteiger partial charge in [0.15, 0.2) is 20.4 Å². The first-order valence-electron chi connectivity index (χ1n) is 11.6. The van der Waals surface area contributed by atoms with E-state index in [4.69, 9.17) is 4.52 Å². The Kier molecular flexibility index (Phi) is 7.83. The van der Waals surface area contributed by atoms with E-state index in [1.807, 2.05) is 0 Å². The number of hydrogen-bond acceptors (Lipinski definition) is 7. The fourth-order valence-electron chi connectivity index (χ4n) is 3.85. The average Bonchev–Trinajstić information content (AvgIpc) is 3.26. The van der Waals surface area contributed by atoms with E-state index in [0.717, 1.165) is 30.5 Å². The molecular formula is C26H25F4N3O4S2. The third-order valence-corrected chi connectivity index (χ3v) is 8.46. The molecule has 0 aliphatic rings. The molecule has 0 saturated heterocycles. The fourth-order valence-corrected chi connectivity index (χ4v) is 5.27. The van der Waals surface area contributed by atoms with Gasteiger partial charge in [-0.05, 0) is 56.7 Å². The van der Waals surface area contributed by atoms with Crippen molar-refractivity contribution in [2.45, 2.75) is 49.2 Å². The predicted molar refractivity (Wildman–Crippen MR) is 139 cm³/mol. The molecule has 13 heteroatoms. The minimum absolute atomic E-state index is 0.0778. The van der Waals surface area contributed by atoms with Crippen molar-refractivity contribution in [2.24, 2.45) is 0 Å². The van der Waals surface area contributed by atoms with Crippen LogP contribution in [-0.4, -0.2) is 34.1 Å². The molecule has 2 aromatic heterocycles. The molecule has 0 unspecified atom stereocenters. The molecule has 39 heavy (non-hydrogen) atoms. The molecule has 0 radical (unpaired) electrons. The molecule has 0 amide bonds. The van der Waals surface area contributed by atoms with Crippen molar-refractivity contribution in [2.75, 3.05) is 6.26 Å². The van der Waals surface area contributed by atoms with E-state index in [1.165, 1.54) is 6.07 Å². The van der Waals surface area contributed by atoms with Gasteiger partial charge < -0.3 is 9.08 Å². The molecule has 208 valence electrons. The van der Waals surface area contributed by atoms with Gasteiger partial charge >= 0.3 is 6.18 Å². The van der Waals surface area contributed by atoms with Gasteiger partial charge in [-0.15, -0.1) is 4.72 Å². The van der Waals surface area contributed by atoms with Crippen molar-refractivity contribution in [1.82, 2.24) is 14.9 Å². The molecule has 0 aliphatic heterocycles. The molecule has 0 fully saturated rings. The zero-order chi connectivity index (χ0) is 28.8. The van der Waals surface area contributed by atoms with E-state index in [2.05, 4.69) is 14.9 Å². The molecule has 2 aromatic carbocycles. The van der Waals surface area contributed by atoms with Crippen LogP contribution >= 0.6 is 0 Å². The van der Waals surface area contributed by atoms with Gasteiger partial charge in [0.1, 0.15) is 16.3 Å². The van der Waals surface area contributed by atoms with Gasteiger partial charge in [0.2, 0.25) is 0 Å². The number of aromatic nitrogens is 2. The van der Waals surface area contributed by atoms with E-state index in [9.17, 15) is 30.5 Å². The summed E-state index contributed by atoms with van der Waals surface area (Å²) in [5.41, 5.74) is 0.0246. The van der Waals surface area contributed by atoms with Crippen molar-refractivity contribution in [1.29, 1.82) is 0 Å². The van der Waals surface area contributed by atoms with Crippen LogP contribution in [0.4, 0.5) is 17.6 Å². The number of benzene rings is 2. The van der Waals surface area contributed by atoms with Gasteiger partial charge in [0, 0.05) is 35.0 Å². The van der Waals surface area contributed by atoms with Gasteiger partial charge in [-0.3, -0.25) is 0 Å². The van der Waals surface area contributed by atoms with Gasteiger partial charge in [-0.25, -0.2) is 17.8 Å². The Hall–Kier alpha value is -3.00. The lowest BCUT2D eigenvalue weighted by Crippen LogP contribution is -2.42. The summed E-state index contributed by atoms with van der Waals surface area (Å²) in [6.07, 6.45) is -3.80. The van der Waals surface area contributed by atoms with E-state index in [0.29, 0.717) is 16.5 Å². The summed E-state index contributed by atoms with van der Waals surface area (Å²) in [5.74, 6) is -0.750. The number of rotatable bonds is 7. The second-order valence-corrected chi connectivity index (χ2v) is 13.9. The molecule has 4 rings (SSSR count). The van der Waals surface area contributed by atoms with Crippen LogP contribution in [0.2, 0.25) is 0 Å². The van der Waals surface area contributed by atoms with Gasteiger partial charge in [0.25, 0.3) is 0 Å². The summed E-state index contributed by atoms with van der Waals surface area (Å²) in [4.78, 5) is 4.01. The summed E-state index contributed by atoms with van der Waals surface area (Å²) in [7, 11) is -3.73. The highest BCUT2D eigenvalue weighted by atomic mass is 32.2. The van der Waals surface area contributed by atoms with Gasteiger partial charge in [-0.2, -0.15) is 13.2 Å². The monoisotopic (exact) mass is 583 g/mol. The molecule has 4 aromatic rings. The highest BCUT2D eigenvalue weighted by Crippen LogP contribution is 2.38. The molecule has 0 aliphatic carbocycles. The smallest absolute Gasteiger partial charge is 0.416 e. The fraction of sp³-hybridized carbons (Fsp3) is 0.308. The first-order chi connectivity index (χ1) is 18.1. The lowest BCUT2D eigenvalue weighted by molar-refractivity contribution is -0.137. The van der Waals surface area contributed by atoms with Crippen LogP contribution in [0.3, 0.4) is 0 Å². The number of halogens is 4. The zero-order valence-corrected chi connectivity index (χ0v) is 23.0. The summed E-state index contributed by atoms with van der Waals surface area (Å²) < 4.78 is 99.2. The Balaban J connectivity index is 1.84. The maximum absolute atomic E-state index is 14.8. The van der Waals surface area contributed by atoms with Crippen molar-refractivity contribution in [3.63, 3.8) is 0 Å². The highest BCUT2D eigenvalue weighted by molar-refractivity contribution is 7.91. The number of pyridine rings is 1. The van der Waals surface area contributed by atoms with Crippen LogP contribution < -0.4 is 4.72 Å². The normalized spacial score (nSPS) is 14.5. The molecular weight excluding hydrogens is 558 g/mol. The standard InChI is InChI=1S/C26H25F4N3O4S2/c1-25(2,3)38(34)33-20(14-21-19(27)11-12-23(31-21)39(4,35)36)16-7-5-6-8-17(16)24-18-10-9-15(26(28,29)30)13-22(18)37-32-24/h5-13,20,33H,14H2,1-4H3/t20-,38-/m0/s1. The Bertz CT molecular complexity index is 1620. The molecule has 2 atom stereocenters. The summed E-state index contributed by atoms with van der Waals surface area (Å²) >= 11 is -1.65. The van der Waals surface area contributed by atoms with Gasteiger partial charge in [-0.1, -0.05) is 29.4 Å². The summed E-state index contributed by atoms with van der Waals surface area (Å²) in [5, 5.41) is 4.02. The van der Waals surface area contributed by atoms with Crippen LogP contribution in [0.15, 0.2) is 64.1 Å². The third kappa shape index (κ3) is 6.43. The molecule has 2 heterocycles. The van der Waals surface area contributed by atoms with Crippen LogP contribution in [0.5, 0.6) is 0 Å². The molecule has 7 nitrogen and oxygen atoms in total. The van der Waals surface area contributed by atoms with Crippen molar-refractivity contribution < 1.29 is 35.1 Å². The predicted octanol–water partition coefficient (Wildman–Crippen LogP) is 5.79. The number of alkyl halides is 3. The highest BCUT2D eigenvalue weighted by Gasteiger charge is 2.34. The second-order valence-electron chi connectivity index (χ2n) is 9.93. The summed E-state index contributed by atoms with van der Waals surface area (Å²) in [6, 6.07) is 11.0. The maximum atomic E-state index is 14.8. The van der Waals surface area contributed by atoms with Crippen molar-refractivity contribution in [3.8, 4) is 11.3 Å². The minimum Gasteiger partial charge on any atom is -0.598 e. The Labute approximate surface area is 225 Å². The maximum Gasteiger partial charge on any atom is 0.416 e. The lowest BCUT2D eigenvalue weighted by atomic mass is 9.94. The number of sulfone groups is 1. The molecule has 0 saturated carbocycles. The average molecular weight is 584 g/mol. The van der Waals surface area contributed by atoms with Gasteiger partial charge in [0.05, 0.1) is 17.3 Å². The number of fused-ring (bicyclic) bond motifs is 1. The number of nitrogens with zero attached hydrogens (tertiary/aromatic N) is 2. The first-order valence-corrected chi connectivity index (χ1v) is 14.7. The van der Waals surface area contributed by atoms with E-state index >= 15 is 0 Å². The van der Waals surface area contributed by atoms with Crippen molar-refractivity contribution >= 4 is 32.2 Å². The van der Waals surface area contributed by atoms with E-state index < -0.39 is 49.5 Å². The SMILES string of the molecule is CC(C)(C)[S@+]([O-])N[C@@H](Cc1nc(S(C)(=O)=O)ccc1F)c1ccccc1-c1noc2cc(C(F)(F)F)ccc12. The molecule has 0 bridgehead atoms. The quantitative estimate of drug-likeness (QED) is 0.217. The lowest BCUT2D eigenvalue weighted by Gasteiger charge is -2.29. The zero-order valence-electron chi connectivity index (χ0n) is 21.3. The van der Waals surface area contributed by atoms with Crippen molar-refractivity contribution in [3.05, 3.63) is 77.2 Å². The summed E-state index contributed by atoms with van der Waals surface area (Å²) in [6.45, 7) is 5.22. The first kappa shape index (κ1) is 29.0. The third-order valence-electron chi connectivity index (χ3n) is 5.87. The topological polar surface area (TPSA) is 108 Å². The molecule has 0 spiro atoms. The van der Waals surface area contributed by atoms with E-state index in [1.54, 1.807) is 45.0 Å².